The van der Waals surface area contributed by atoms with E-state index >= 15 is 0 Å². The maximum absolute atomic E-state index is 13.4. The normalized spacial score (nSPS) is 13.7. The molecule has 4 rings (SSSR count). The van der Waals surface area contributed by atoms with E-state index in [0.717, 1.165) is 37.6 Å². The average molecular weight is 519 g/mol. The highest BCUT2D eigenvalue weighted by Gasteiger charge is 2.20. The number of anilines is 1. The molecule has 1 aliphatic rings. The van der Waals surface area contributed by atoms with Crippen LogP contribution in [0.2, 0.25) is 0 Å². The summed E-state index contributed by atoms with van der Waals surface area (Å²) in [5.74, 6) is 6.65. The molecule has 2 heterocycles. The number of nitrogens with zero attached hydrogens (tertiary/aromatic N) is 4. The highest BCUT2D eigenvalue weighted by atomic mass is 16.5. The smallest absolute Gasteiger partial charge is 0.332 e. The van der Waals surface area contributed by atoms with Crippen molar-refractivity contribution < 1.29 is 14.3 Å². The van der Waals surface area contributed by atoms with Gasteiger partial charge in [-0.15, -0.1) is 5.92 Å². The van der Waals surface area contributed by atoms with Crippen LogP contribution in [-0.2, 0) is 22.6 Å². The summed E-state index contributed by atoms with van der Waals surface area (Å²) in [5, 5.41) is 0.501. The van der Waals surface area contributed by atoms with E-state index in [4.69, 9.17) is 4.74 Å². The molecule has 0 aliphatic carbocycles. The molecule has 0 spiro atoms. The lowest BCUT2D eigenvalue weighted by Gasteiger charge is -2.36. The number of esters is 1. The highest BCUT2D eigenvalue weighted by Crippen LogP contribution is 2.28. The van der Waals surface area contributed by atoms with E-state index in [9.17, 15) is 14.4 Å². The minimum Gasteiger partial charge on any atom is -0.495 e. The largest absolute Gasteiger partial charge is 0.495 e. The number of carbonyl (C=O) groups excluding carboxylic acids is 1. The quantitative estimate of drug-likeness (QED) is 0.244. The Morgan fingerprint density at radius 2 is 1.63 bits per heavy atom. The molecule has 0 amide bonds. The van der Waals surface area contributed by atoms with Crippen molar-refractivity contribution in [1.82, 2.24) is 14.0 Å². The van der Waals surface area contributed by atoms with Crippen molar-refractivity contribution in [2.24, 2.45) is 0 Å². The Morgan fingerprint density at radius 1 is 0.895 bits per heavy atom. The van der Waals surface area contributed by atoms with E-state index in [1.807, 2.05) is 24.3 Å². The Labute approximate surface area is 222 Å². The molecule has 2 aromatic carbocycles. The van der Waals surface area contributed by atoms with E-state index in [2.05, 4.69) is 32.4 Å². The van der Waals surface area contributed by atoms with Crippen LogP contribution in [0.4, 0.5) is 5.69 Å². The van der Waals surface area contributed by atoms with Gasteiger partial charge >= 0.3 is 11.7 Å². The Morgan fingerprint density at radius 3 is 2.39 bits per heavy atom. The van der Waals surface area contributed by atoms with Crippen LogP contribution in [0.1, 0.15) is 19.3 Å². The molecule has 1 saturated heterocycles. The van der Waals surface area contributed by atoms with Crippen molar-refractivity contribution in [2.75, 3.05) is 51.8 Å². The molecule has 1 aliphatic heterocycles. The first-order valence-corrected chi connectivity index (χ1v) is 12.9. The molecule has 0 atom stereocenters. The molecule has 200 valence electrons. The zero-order chi connectivity index (χ0) is 26.9. The van der Waals surface area contributed by atoms with Crippen molar-refractivity contribution in [3.63, 3.8) is 0 Å². The van der Waals surface area contributed by atoms with Crippen molar-refractivity contribution >= 4 is 22.6 Å². The van der Waals surface area contributed by atoms with Gasteiger partial charge in [-0.25, -0.2) is 4.79 Å². The molecule has 0 bridgehead atoms. The van der Waals surface area contributed by atoms with Crippen molar-refractivity contribution in [3.8, 4) is 17.6 Å². The standard InChI is InChI=1S/C29H34N4O5/c1-37-26-14-9-8-13-25(26)31-20-17-30(18-21-31)19-22-33-28(35)23-11-6-7-12-24(23)32(29(33)36)16-10-4-3-5-15-27(34)38-2/h6-9,11-14H,3,5,15-22H2,1-2H3. The van der Waals surface area contributed by atoms with Crippen molar-refractivity contribution in [1.29, 1.82) is 0 Å². The first kappa shape index (κ1) is 27.0. The second-order valence-corrected chi connectivity index (χ2v) is 9.13. The highest BCUT2D eigenvalue weighted by molar-refractivity contribution is 5.77. The monoisotopic (exact) mass is 518 g/mol. The number of benzene rings is 2. The third kappa shape index (κ3) is 6.26. The second-order valence-electron chi connectivity index (χ2n) is 9.13. The lowest BCUT2D eigenvalue weighted by atomic mass is 10.2. The second kappa shape index (κ2) is 13.0. The fourth-order valence-electron chi connectivity index (χ4n) is 4.71. The fourth-order valence-corrected chi connectivity index (χ4v) is 4.71. The van der Waals surface area contributed by atoms with Crippen LogP contribution in [0.3, 0.4) is 0 Å². The van der Waals surface area contributed by atoms with E-state index in [1.165, 1.54) is 11.7 Å². The molecule has 38 heavy (non-hydrogen) atoms. The summed E-state index contributed by atoms with van der Waals surface area (Å²) in [4.78, 5) is 42.4. The van der Waals surface area contributed by atoms with E-state index in [0.29, 0.717) is 43.3 Å². The Balaban J connectivity index is 1.44. The number of piperazine rings is 1. The Bertz CT molecular complexity index is 1440. The third-order valence-electron chi connectivity index (χ3n) is 6.84. The van der Waals surface area contributed by atoms with Crippen molar-refractivity contribution in [3.05, 3.63) is 69.4 Å². The molecule has 0 saturated carbocycles. The summed E-state index contributed by atoms with van der Waals surface area (Å²) in [7, 11) is 3.04. The predicted octanol–water partition coefficient (Wildman–Crippen LogP) is 2.34. The minimum absolute atomic E-state index is 0.176. The van der Waals surface area contributed by atoms with Crippen LogP contribution in [-0.4, -0.2) is 66.9 Å². The third-order valence-corrected chi connectivity index (χ3v) is 6.84. The van der Waals surface area contributed by atoms with Gasteiger partial charge in [-0.1, -0.05) is 30.2 Å². The summed E-state index contributed by atoms with van der Waals surface area (Å²) in [6.07, 6.45) is 1.44. The number of methoxy groups -OCH3 is 2. The topological polar surface area (TPSA) is 86.0 Å². The minimum atomic E-state index is -0.356. The van der Waals surface area contributed by atoms with Gasteiger partial charge in [0.05, 0.1) is 37.4 Å². The molecule has 9 nitrogen and oxygen atoms in total. The number of hydrogen-bond acceptors (Lipinski definition) is 7. The van der Waals surface area contributed by atoms with Gasteiger partial charge in [-0.3, -0.25) is 23.6 Å². The number of unbranched alkanes of at least 4 members (excludes halogenated alkanes) is 1. The maximum Gasteiger partial charge on any atom is 0.332 e. The Hall–Kier alpha value is -4.03. The summed E-state index contributed by atoms with van der Waals surface area (Å²) >= 11 is 0. The van der Waals surface area contributed by atoms with E-state index < -0.39 is 0 Å². The van der Waals surface area contributed by atoms with Gasteiger partial charge < -0.3 is 14.4 Å². The van der Waals surface area contributed by atoms with Gasteiger partial charge in [-0.05, 0) is 30.7 Å². The predicted molar refractivity (Wildman–Crippen MR) is 148 cm³/mol. The molecular weight excluding hydrogens is 484 g/mol. The van der Waals surface area contributed by atoms with Gasteiger partial charge in [-0.2, -0.15) is 0 Å². The van der Waals surface area contributed by atoms with Gasteiger partial charge in [0.2, 0.25) is 0 Å². The van der Waals surface area contributed by atoms with Crippen LogP contribution < -0.4 is 20.9 Å². The van der Waals surface area contributed by atoms with Crippen LogP contribution in [0, 0.1) is 11.8 Å². The van der Waals surface area contributed by atoms with E-state index in [1.54, 1.807) is 29.9 Å². The molecular formula is C29H34N4O5. The number of rotatable bonds is 9. The van der Waals surface area contributed by atoms with Gasteiger partial charge in [0.15, 0.2) is 0 Å². The zero-order valence-electron chi connectivity index (χ0n) is 22.0. The number of ether oxygens (including phenoxy) is 2. The molecule has 0 radical (unpaired) electrons. The van der Waals surface area contributed by atoms with Crippen molar-refractivity contribution in [2.45, 2.75) is 32.4 Å². The SMILES string of the molecule is COC(=O)CCCC#CCn1c(=O)n(CCN2CCN(c3ccccc3OC)CC2)c(=O)c2ccccc21. The number of aromatic nitrogens is 2. The fraction of sp³-hybridized carbons (Fsp3) is 0.414. The molecule has 9 heteroatoms. The zero-order valence-corrected chi connectivity index (χ0v) is 22.0. The summed E-state index contributed by atoms with van der Waals surface area (Å²) in [6.45, 7) is 4.41. The van der Waals surface area contributed by atoms with E-state index in [-0.39, 0.29) is 23.8 Å². The van der Waals surface area contributed by atoms with Crippen LogP contribution >= 0.6 is 0 Å². The lowest BCUT2D eigenvalue weighted by molar-refractivity contribution is -0.140. The Kier molecular flexibility index (Phi) is 9.22. The summed E-state index contributed by atoms with van der Waals surface area (Å²) in [5.41, 5.74) is 1.02. The molecule has 1 aromatic heterocycles. The molecule has 0 N–H and O–H groups in total. The molecule has 0 unspecified atom stereocenters. The molecule has 3 aromatic rings. The number of fused-ring (bicyclic) bond motifs is 1. The summed E-state index contributed by atoms with van der Waals surface area (Å²) in [6, 6.07) is 15.1. The van der Waals surface area contributed by atoms with Crippen LogP contribution in [0.5, 0.6) is 5.75 Å². The maximum atomic E-state index is 13.4. The number of carbonyl (C=O) groups is 1. The average Bonchev–Trinajstić information content (AvgIpc) is 2.96. The summed E-state index contributed by atoms with van der Waals surface area (Å²) < 4.78 is 13.0. The van der Waals surface area contributed by atoms with Gasteiger partial charge in [0.25, 0.3) is 5.56 Å². The van der Waals surface area contributed by atoms with Crippen LogP contribution in [0.25, 0.3) is 10.9 Å². The number of hydrogen-bond donors (Lipinski definition) is 0. The first-order chi connectivity index (χ1) is 18.5. The van der Waals surface area contributed by atoms with Crippen LogP contribution in [0.15, 0.2) is 58.1 Å². The number of para-hydroxylation sites is 3. The molecule has 1 fully saturated rings. The van der Waals surface area contributed by atoms with Gasteiger partial charge in [0.1, 0.15) is 5.75 Å². The van der Waals surface area contributed by atoms with Gasteiger partial charge in [0, 0.05) is 52.1 Å². The lowest BCUT2D eigenvalue weighted by Crippen LogP contribution is -2.49. The first-order valence-electron chi connectivity index (χ1n) is 12.9.